The molecule has 0 radical (unpaired) electrons. The maximum absolute atomic E-state index is 5.99. The molecule has 2 aromatic carbocycles. The van der Waals surface area contributed by atoms with Crippen molar-refractivity contribution in [1.82, 2.24) is 4.90 Å². The molecule has 2 rings (SSSR count). The van der Waals surface area contributed by atoms with Crippen LogP contribution in [0.4, 0.5) is 0 Å². The van der Waals surface area contributed by atoms with Gasteiger partial charge in [-0.3, -0.25) is 4.90 Å². The van der Waals surface area contributed by atoms with Gasteiger partial charge in [-0.2, -0.15) is 0 Å². The van der Waals surface area contributed by atoms with Gasteiger partial charge < -0.3 is 4.74 Å². The summed E-state index contributed by atoms with van der Waals surface area (Å²) in [7, 11) is 1.69. The summed E-state index contributed by atoms with van der Waals surface area (Å²) in [5.41, 5.74) is 2.65. The summed E-state index contributed by atoms with van der Waals surface area (Å²) in [4.78, 5) is 2.44. The lowest BCUT2D eigenvalue weighted by Gasteiger charge is -2.28. The third-order valence-electron chi connectivity index (χ3n) is 3.91. The number of nitrogens with zero attached hydrogens (tertiary/aromatic N) is 1. The monoisotopic (exact) mass is 317 g/mol. The number of rotatable bonds is 8. The molecule has 0 saturated heterocycles. The van der Waals surface area contributed by atoms with Crippen LogP contribution in [0.2, 0.25) is 0 Å². The third kappa shape index (κ3) is 5.04. The normalized spacial score (nSPS) is 12.4. The molecule has 0 saturated carbocycles. The summed E-state index contributed by atoms with van der Waals surface area (Å²) >= 11 is 5.99. The van der Waals surface area contributed by atoms with Crippen molar-refractivity contribution in [2.75, 3.05) is 19.5 Å². The Morgan fingerprint density at radius 2 is 1.68 bits per heavy atom. The van der Waals surface area contributed by atoms with Crippen molar-refractivity contribution in [3.05, 3.63) is 65.7 Å². The third-order valence-corrected chi connectivity index (χ3v) is 4.08. The molecule has 0 heterocycles. The Balaban J connectivity index is 2.00. The van der Waals surface area contributed by atoms with Gasteiger partial charge in [-0.1, -0.05) is 42.5 Å². The minimum absolute atomic E-state index is 0.437. The van der Waals surface area contributed by atoms with E-state index in [1.165, 1.54) is 11.1 Å². The van der Waals surface area contributed by atoms with Crippen molar-refractivity contribution in [2.24, 2.45) is 0 Å². The van der Waals surface area contributed by atoms with E-state index in [1.807, 2.05) is 12.1 Å². The molecule has 0 aliphatic carbocycles. The van der Waals surface area contributed by atoms with E-state index < -0.39 is 0 Å². The molecule has 0 amide bonds. The van der Waals surface area contributed by atoms with E-state index in [-0.39, 0.29) is 0 Å². The molecule has 0 bridgehead atoms. The maximum atomic E-state index is 5.99. The van der Waals surface area contributed by atoms with Crippen LogP contribution in [0.15, 0.2) is 54.6 Å². The first-order chi connectivity index (χ1) is 10.7. The average molecular weight is 318 g/mol. The molecular formula is C19H24ClNO. The summed E-state index contributed by atoms with van der Waals surface area (Å²) in [5, 5.41) is 0. The highest BCUT2D eigenvalue weighted by molar-refractivity contribution is 6.18. The van der Waals surface area contributed by atoms with Crippen molar-refractivity contribution in [3.63, 3.8) is 0 Å². The zero-order chi connectivity index (χ0) is 15.8. The molecule has 2 nitrogen and oxygen atoms in total. The minimum Gasteiger partial charge on any atom is -0.497 e. The smallest absolute Gasteiger partial charge is 0.118 e. The predicted molar refractivity (Wildman–Crippen MR) is 93.7 cm³/mol. The second-order valence-electron chi connectivity index (χ2n) is 5.55. The largest absolute Gasteiger partial charge is 0.497 e. The fourth-order valence-electron chi connectivity index (χ4n) is 2.61. The van der Waals surface area contributed by atoms with E-state index in [2.05, 4.69) is 54.3 Å². The lowest BCUT2D eigenvalue weighted by molar-refractivity contribution is 0.211. The summed E-state index contributed by atoms with van der Waals surface area (Å²) in [5.74, 6) is 1.55. The second kappa shape index (κ2) is 8.82. The quantitative estimate of drug-likeness (QED) is 0.670. The highest BCUT2D eigenvalue weighted by atomic mass is 35.5. The zero-order valence-corrected chi connectivity index (χ0v) is 14.1. The lowest BCUT2D eigenvalue weighted by atomic mass is 10.0. The second-order valence-corrected chi connectivity index (χ2v) is 5.92. The highest BCUT2D eigenvalue weighted by Gasteiger charge is 2.14. The maximum Gasteiger partial charge on any atom is 0.118 e. The summed E-state index contributed by atoms with van der Waals surface area (Å²) in [6.07, 6.45) is 1.01. The molecule has 118 valence electrons. The van der Waals surface area contributed by atoms with E-state index in [0.717, 1.165) is 25.3 Å². The number of hydrogen-bond acceptors (Lipinski definition) is 2. The van der Waals surface area contributed by atoms with E-state index >= 15 is 0 Å². The van der Waals surface area contributed by atoms with Gasteiger partial charge >= 0.3 is 0 Å². The number of benzene rings is 2. The number of halogens is 1. The van der Waals surface area contributed by atoms with Gasteiger partial charge in [-0.05, 0) is 36.6 Å². The molecule has 2 aromatic rings. The molecule has 0 aromatic heterocycles. The van der Waals surface area contributed by atoms with E-state index in [9.17, 15) is 0 Å². The molecule has 1 atom stereocenters. The Morgan fingerprint density at radius 1 is 1.00 bits per heavy atom. The first-order valence-corrected chi connectivity index (χ1v) is 8.23. The van der Waals surface area contributed by atoms with Gasteiger partial charge in [-0.15, -0.1) is 11.6 Å². The Morgan fingerprint density at radius 3 is 2.27 bits per heavy atom. The molecule has 0 aliphatic heterocycles. The number of methoxy groups -OCH3 is 1. The molecule has 0 fully saturated rings. The Labute approximate surface area is 138 Å². The average Bonchev–Trinajstić information content (AvgIpc) is 2.56. The fourth-order valence-corrected chi connectivity index (χ4v) is 2.83. The molecule has 3 heteroatoms. The van der Waals surface area contributed by atoms with Crippen molar-refractivity contribution >= 4 is 11.6 Å². The summed E-state index contributed by atoms with van der Waals surface area (Å²) in [6.45, 7) is 4.10. The van der Waals surface area contributed by atoms with Crippen LogP contribution in [0.3, 0.4) is 0 Å². The van der Waals surface area contributed by atoms with Gasteiger partial charge in [0.2, 0.25) is 0 Å². The first kappa shape index (κ1) is 16.9. The van der Waals surface area contributed by atoms with Crippen LogP contribution in [0, 0.1) is 0 Å². The van der Waals surface area contributed by atoms with Crippen molar-refractivity contribution < 1.29 is 4.74 Å². The van der Waals surface area contributed by atoms with Crippen LogP contribution in [0.1, 0.15) is 18.1 Å². The SMILES string of the molecule is COc1ccc(CC(C)N(CCCl)Cc2ccccc2)cc1. The molecule has 0 spiro atoms. The molecular weight excluding hydrogens is 294 g/mol. The van der Waals surface area contributed by atoms with Crippen LogP contribution in [-0.4, -0.2) is 30.5 Å². The fraction of sp³-hybridized carbons (Fsp3) is 0.368. The number of ether oxygens (including phenoxy) is 1. The van der Waals surface area contributed by atoms with Crippen molar-refractivity contribution in [3.8, 4) is 5.75 Å². The standard InChI is InChI=1S/C19H24ClNO/c1-16(14-17-8-10-19(22-2)11-9-17)21(13-12-20)15-18-6-4-3-5-7-18/h3-11,16H,12-15H2,1-2H3. The Kier molecular flexibility index (Phi) is 6.75. The van der Waals surface area contributed by atoms with E-state index in [1.54, 1.807) is 7.11 Å². The molecule has 0 N–H and O–H groups in total. The number of hydrogen-bond donors (Lipinski definition) is 0. The van der Waals surface area contributed by atoms with Gasteiger partial charge in [0, 0.05) is 25.0 Å². The predicted octanol–water partition coefficient (Wildman–Crippen LogP) is 4.37. The number of alkyl halides is 1. The van der Waals surface area contributed by atoms with Gasteiger partial charge in [-0.25, -0.2) is 0 Å². The highest BCUT2D eigenvalue weighted by Crippen LogP contribution is 2.16. The molecule has 22 heavy (non-hydrogen) atoms. The van der Waals surface area contributed by atoms with Crippen LogP contribution in [0.5, 0.6) is 5.75 Å². The topological polar surface area (TPSA) is 12.5 Å². The van der Waals surface area contributed by atoms with Crippen LogP contribution < -0.4 is 4.74 Å². The van der Waals surface area contributed by atoms with Gasteiger partial charge in [0.15, 0.2) is 0 Å². The Bertz CT molecular complexity index is 541. The van der Waals surface area contributed by atoms with Gasteiger partial charge in [0.1, 0.15) is 5.75 Å². The molecule has 1 unspecified atom stereocenters. The summed E-state index contributed by atoms with van der Waals surface area (Å²) in [6, 6.07) is 19.3. The van der Waals surface area contributed by atoms with Gasteiger partial charge in [0.05, 0.1) is 7.11 Å². The van der Waals surface area contributed by atoms with Crippen LogP contribution in [-0.2, 0) is 13.0 Å². The van der Waals surface area contributed by atoms with Gasteiger partial charge in [0.25, 0.3) is 0 Å². The minimum atomic E-state index is 0.437. The van der Waals surface area contributed by atoms with Crippen molar-refractivity contribution in [2.45, 2.75) is 25.9 Å². The van der Waals surface area contributed by atoms with Crippen LogP contribution in [0.25, 0.3) is 0 Å². The van der Waals surface area contributed by atoms with Crippen molar-refractivity contribution in [1.29, 1.82) is 0 Å². The zero-order valence-electron chi connectivity index (χ0n) is 13.3. The molecule has 0 aliphatic rings. The van der Waals surface area contributed by atoms with E-state index in [4.69, 9.17) is 16.3 Å². The van der Waals surface area contributed by atoms with E-state index in [0.29, 0.717) is 11.9 Å². The van der Waals surface area contributed by atoms with Crippen LogP contribution >= 0.6 is 11.6 Å². The summed E-state index contributed by atoms with van der Waals surface area (Å²) < 4.78 is 5.21. The first-order valence-electron chi connectivity index (χ1n) is 7.70. The lowest BCUT2D eigenvalue weighted by Crippen LogP contribution is -2.35. The Hall–Kier alpha value is -1.51.